The fourth-order valence-corrected chi connectivity index (χ4v) is 6.07. The molecule has 3 aromatic heterocycles. The van der Waals surface area contributed by atoms with Gasteiger partial charge in [-0.3, -0.25) is 15.6 Å². The molecule has 226 valence electrons. The molecule has 1 saturated heterocycles. The molecule has 7 rings (SSSR count). The zero-order valence-corrected chi connectivity index (χ0v) is 24.8. The van der Waals surface area contributed by atoms with E-state index in [4.69, 9.17) is 9.72 Å². The van der Waals surface area contributed by atoms with Crippen LogP contribution in [0.1, 0.15) is 50.5 Å². The van der Waals surface area contributed by atoms with E-state index in [9.17, 15) is 9.59 Å². The third-order valence-corrected chi connectivity index (χ3v) is 8.16. The van der Waals surface area contributed by atoms with Crippen LogP contribution in [0.25, 0.3) is 33.2 Å². The summed E-state index contributed by atoms with van der Waals surface area (Å²) in [4.78, 5) is 38.2. The Morgan fingerprint density at radius 3 is 2.80 bits per heavy atom. The van der Waals surface area contributed by atoms with Gasteiger partial charge in [-0.15, -0.1) is 0 Å². The molecule has 4 heterocycles. The number of benzene rings is 2. The van der Waals surface area contributed by atoms with Crippen molar-refractivity contribution in [2.24, 2.45) is 5.92 Å². The minimum Gasteiger partial charge on any atom is -0.442 e. The second-order valence-corrected chi connectivity index (χ2v) is 12.6. The molecule has 12 heteroatoms. The molecule has 5 aromatic rings. The van der Waals surface area contributed by atoms with Gasteiger partial charge in [0.15, 0.2) is 5.82 Å². The number of carbonyl (C=O) groups is 2. The average Bonchev–Trinajstić information content (AvgIpc) is 3.73. The molecule has 2 fully saturated rings. The van der Waals surface area contributed by atoms with Crippen LogP contribution in [0.3, 0.4) is 0 Å². The Kier molecular flexibility index (Phi) is 7.02. The summed E-state index contributed by atoms with van der Waals surface area (Å²) in [6.45, 7) is 6.41. The van der Waals surface area contributed by atoms with Gasteiger partial charge < -0.3 is 20.4 Å². The van der Waals surface area contributed by atoms with E-state index < -0.39 is 11.7 Å². The topological polar surface area (TPSA) is 151 Å². The Bertz CT molecular complexity index is 1870. The van der Waals surface area contributed by atoms with Crippen LogP contribution in [-0.2, 0) is 4.74 Å². The van der Waals surface area contributed by atoms with Crippen molar-refractivity contribution >= 4 is 45.3 Å². The third-order valence-electron chi connectivity index (χ3n) is 8.16. The lowest BCUT2D eigenvalue weighted by Gasteiger charge is -2.31. The summed E-state index contributed by atoms with van der Waals surface area (Å²) in [5, 5.41) is 12.3. The first-order valence-corrected chi connectivity index (χ1v) is 14.9. The minimum atomic E-state index is -0.637. The van der Waals surface area contributed by atoms with E-state index in [1.54, 1.807) is 51.4 Å². The van der Waals surface area contributed by atoms with Crippen LogP contribution in [0, 0.1) is 5.92 Å². The van der Waals surface area contributed by atoms with Crippen molar-refractivity contribution in [2.45, 2.75) is 57.7 Å². The van der Waals surface area contributed by atoms with Crippen LogP contribution in [0.15, 0.2) is 60.9 Å². The number of aromatic amines is 1. The number of nitrogens with zero attached hydrogens (tertiary/aromatic N) is 4. The smallest absolute Gasteiger partial charge is 0.435 e. The summed E-state index contributed by atoms with van der Waals surface area (Å²) < 4.78 is 6.65. The zero-order chi connectivity index (χ0) is 30.4. The lowest BCUT2D eigenvalue weighted by molar-refractivity contribution is 0.0522. The maximum absolute atomic E-state index is 13.2. The molecular formula is C32H35N9O3. The number of aromatic nitrogens is 5. The number of hydrogen-bond acceptors (Lipinski definition) is 9. The van der Waals surface area contributed by atoms with Gasteiger partial charge in [-0.05, 0) is 82.3 Å². The van der Waals surface area contributed by atoms with Gasteiger partial charge in [0, 0.05) is 52.4 Å². The predicted molar refractivity (Wildman–Crippen MR) is 168 cm³/mol. The highest BCUT2D eigenvalue weighted by atomic mass is 16.6. The first kappa shape index (κ1) is 28.0. The van der Waals surface area contributed by atoms with Gasteiger partial charge in [-0.1, -0.05) is 12.1 Å². The number of carbonyl (C=O) groups excluding carboxylic acids is 2. The molecule has 44 heavy (non-hydrogen) atoms. The maximum Gasteiger partial charge on any atom is 0.435 e. The number of hydrazine groups is 1. The monoisotopic (exact) mass is 593 g/mol. The third kappa shape index (κ3) is 5.73. The molecule has 3 atom stereocenters. The summed E-state index contributed by atoms with van der Waals surface area (Å²) in [6.07, 6.45) is 6.13. The van der Waals surface area contributed by atoms with Gasteiger partial charge in [-0.2, -0.15) is 9.78 Å². The molecule has 1 amide bonds. The first-order chi connectivity index (χ1) is 21.2. The van der Waals surface area contributed by atoms with Crippen molar-refractivity contribution in [1.29, 1.82) is 0 Å². The van der Waals surface area contributed by atoms with Crippen LogP contribution in [0.2, 0.25) is 0 Å². The molecule has 12 nitrogen and oxygen atoms in total. The number of anilines is 2. The molecule has 0 radical (unpaired) electrons. The Morgan fingerprint density at radius 2 is 1.93 bits per heavy atom. The Morgan fingerprint density at radius 1 is 1.05 bits per heavy atom. The summed E-state index contributed by atoms with van der Waals surface area (Å²) in [5.41, 5.74) is 9.28. The van der Waals surface area contributed by atoms with E-state index in [2.05, 4.69) is 36.6 Å². The average molecular weight is 594 g/mol. The first-order valence-electron chi connectivity index (χ1n) is 14.9. The molecule has 3 unspecified atom stereocenters. The molecule has 5 N–H and O–H groups in total. The highest BCUT2D eigenvalue weighted by molar-refractivity contribution is 6.07. The highest BCUT2D eigenvalue weighted by Crippen LogP contribution is 2.29. The summed E-state index contributed by atoms with van der Waals surface area (Å²) >= 11 is 0. The summed E-state index contributed by atoms with van der Waals surface area (Å²) in [6, 6.07) is 15.8. The lowest BCUT2D eigenvalue weighted by Crippen LogP contribution is -2.39. The number of amides is 1. The number of rotatable bonds is 5. The summed E-state index contributed by atoms with van der Waals surface area (Å²) in [7, 11) is 0. The van der Waals surface area contributed by atoms with Crippen LogP contribution >= 0.6 is 0 Å². The molecule has 0 bridgehead atoms. The fraction of sp³-hybridized carbons (Fsp3) is 0.344. The molecule has 2 aromatic carbocycles. The largest absolute Gasteiger partial charge is 0.442 e. The van der Waals surface area contributed by atoms with Crippen molar-refractivity contribution in [3.8, 4) is 11.4 Å². The van der Waals surface area contributed by atoms with Gasteiger partial charge in [0.2, 0.25) is 0 Å². The van der Waals surface area contributed by atoms with Gasteiger partial charge in [0.25, 0.3) is 5.91 Å². The molecule has 1 aliphatic heterocycles. The van der Waals surface area contributed by atoms with Crippen molar-refractivity contribution in [3.63, 3.8) is 0 Å². The van der Waals surface area contributed by atoms with E-state index in [1.165, 1.54) is 4.68 Å². The predicted octanol–water partition coefficient (Wildman–Crippen LogP) is 5.07. The van der Waals surface area contributed by atoms with E-state index >= 15 is 0 Å². The molecule has 2 aliphatic rings. The van der Waals surface area contributed by atoms with E-state index in [0.717, 1.165) is 48.1 Å². The van der Waals surface area contributed by atoms with Crippen molar-refractivity contribution < 1.29 is 14.3 Å². The number of fused-ring (bicyclic) bond motifs is 3. The Balaban J connectivity index is 1.04. The number of nitrogens with one attached hydrogen (secondary N) is 5. The van der Waals surface area contributed by atoms with Crippen LogP contribution in [0.4, 0.5) is 16.3 Å². The lowest BCUT2D eigenvalue weighted by atomic mass is 9.83. The molecular weight excluding hydrogens is 558 g/mol. The maximum atomic E-state index is 13.2. The normalized spacial score (nSPS) is 20.0. The SMILES string of the molecule is CC(C)(C)OC(=O)n1ncc2cc(NC(=O)c3cc4ccc(-c5nccc(NC6CCC7NNCC7C6)n5)cc4[nH]3)ccc21. The van der Waals surface area contributed by atoms with Crippen molar-refractivity contribution in [3.05, 3.63) is 66.6 Å². The van der Waals surface area contributed by atoms with Crippen molar-refractivity contribution in [1.82, 2.24) is 35.6 Å². The van der Waals surface area contributed by atoms with Gasteiger partial charge in [0.1, 0.15) is 17.1 Å². The van der Waals surface area contributed by atoms with Crippen LogP contribution < -0.4 is 21.5 Å². The fourth-order valence-electron chi connectivity index (χ4n) is 6.07. The van der Waals surface area contributed by atoms with Gasteiger partial charge in [0.05, 0.1) is 11.7 Å². The second kappa shape index (κ2) is 11.0. The van der Waals surface area contributed by atoms with Crippen molar-refractivity contribution in [2.75, 3.05) is 17.2 Å². The molecule has 1 saturated carbocycles. The number of H-pyrrole nitrogens is 1. The van der Waals surface area contributed by atoms with Crippen LogP contribution in [-0.4, -0.2) is 61.0 Å². The Labute approximate surface area is 254 Å². The minimum absolute atomic E-state index is 0.286. The summed E-state index contributed by atoms with van der Waals surface area (Å²) in [5.74, 6) is 1.79. The van der Waals surface area contributed by atoms with Gasteiger partial charge >= 0.3 is 6.09 Å². The molecule has 1 aliphatic carbocycles. The van der Waals surface area contributed by atoms with Crippen LogP contribution in [0.5, 0.6) is 0 Å². The Hall–Kier alpha value is -4.81. The van der Waals surface area contributed by atoms with E-state index in [1.807, 2.05) is 30.3 Å². The zero-order valence-electron chi connectivity index (χ0n) is 24.8. The van der Waals surface area contributed by atoms with E-state index in [0.29, 0.717) is 46.1 Å². The number of hydrogen-bond donors (Lipinski definition) is 5. The molecule has 0 spiro atoms. The standard InChI is InChI=1S/C32H35N9O3/c1-32(2,3)44-31(43)41-27-9-7-23(13-21(27)17-35-41)37-30(42)26-14-18-4-5-19(15-25(18)38-26)29-33-11-10-28(39-29)36-22-6-8-24-20(12-22)16-34-40-24/h4-5,7,9-11,13-15,17,20,22,24,34,38,40H,6,8,12,16H2,1-3H3,(H,37,42)(H,33,36,39). The second-order valence-electron chi connectivity index (χ2n) is 12.6. The quantitative estimate of drug-likeness (QED) is 0.188. The van der Waals surface area contributed by atoms with E-state index in [-0.39, 0.29) is 5.91 Å². The highest BCUT2D eigenvalue weighted by Gasteiger charge is 2.33. The number of ether oxygens (including phenoxy) is 1. The van der Waals surface area contributed by atoms with Gasteiger partial charge in [-0.25, -0.2) is 14.8 Å².